The Kier molecular flexibility index (Phi) is 2.52. The van der Waals surface area contributed by atoms with Crippen LogP contribution in [0.5, 0.6) is 0 Å². The summed E-state index contributed by atoms with van der Waals surface area (Å²) in [5.41, 5.74) is 6.14. The van der Waals surface area contributed by atoms with E-state index in [-0.39, 0.29) is 11.9 Å². The van der Waals surface area contributed by atoms with Crippen molar-refractivity contribution >= 4 is 11.6 Å². The van der Waals surface area contributed by atoms with Gasteiger partial charge in [-0.15, -0.1) is 0 Å². The van der Waals surface area contributed by atoms with Crippen molar-refractivity contribution in [1.29, 1.82) is 0 Å². The maximum Gasteiger partial charge on any atom is 0.248 e. The second-order valence-electron chi connectivity index (χ2n) is 3.85. The Hall–Kier alpha value is -0.940. The molecule has 14 heavy (non-hydrogen) atoms. The lowest BCUT2D eigenvalue weighted by atomic mass is 10.2. The maximum absolute atomic E-state index is 11.5. The number of nitrogens with two attached hydrogens (primary N) is 1. The van der Waals surface area contributed by atoms with E-state index in [2.05, 4.69) is 5.10 Å². The minimum atomic E-state index is -0.417. The summed E-state index contributed by atoms with van der Waals surface area (Å²) in [5, 5.41) is 15.2. The lowest BCUT2D eigenvalue weighted by Crippen LogP contribution is -2.38. The van der Waals surface area contributed by atoms with E-state index in [4.69, 9.17) is 5.73 Å². The summed E-state index contributed by atoms with van der Waals surface area (Å²) in [7, 11) is 0. The molecule has 0 radical (unpaired) electrons. The van der Waals surface area contributed by atoms with Crippen LogP contribution in [0.4, 0.5) is 0 Å². The van der Waals surface area contributed by atoms with Crippen LogP contribution in [0.3, 0.4) is 0 Å². The van der Waals surface area contributed by atoms with Crippen LogP contribution < -0.4 is 5.73 Å². The first kappa shape index (κ1) is 9.61. The minimum Gasteiger partial charge on any atom is -0.391 e. The predicted octanol–water partition coefficient (Wildman–Crippen LogP) is -0.553. The Labute approximate surface area is 82.6 Å². The standard InChI is InChI=1S/C9H15N3O2/c10-5-6-4-9(14)12(11-6)7-2-1-3-8(7)13/h7-8,13H,1-5,10H2. The third-order valence-corrected chi connectivity index (χ3v) is 2.85. The van der Waals surface area contributed by atoms with Gasteiger partial charge in [-0.1, -0.05) is 0 Å². The molecular formula is C9H15N3O2. The van der Waals surface area contributed by atoms with Gasteiger partial charge in [-0.25, -0.2) is 5.01 Å². The van der Waals surface area contributed by atoms with E-state index >= 15 is 0 Å². The number of carbonyl (C=O) groups is 1. The van der Waals surface area contributed by atoms with E-state index in [1.807, 2.05) is 0 Å². The molecule has 0 spiro atoms. The van der Waals surface area contributed by atoms with Crippen molar-refractivity contribution in [2.75, 3.05) is 6.54 Å². The molecule has 1 heterocycles. The number of aliphatic hydroxyl groups is 1. The SMILES string of the molecule is NCC1=NN(C2CCCC2O)C(=O)C1. The normalized spacial score (nSPS) is 32.6. The average Bonchev–Trinajstić information content (AvgIpc) is 2.72. The Bertz CT molecular complexity index is 277. The maximum atomic E-state index is 11.5. The third kappa shape index (κ3) is 1.53. The number of hydrogen-bond donors (Lipinski definition) is 2. The van der Waals surface area contributed by atoms with Gasteiger partial charge in [0, 0.05) is 6.54 Å². The fourth-order valence-electron chi connectivity index (χ4n) is 2.08. The van der Waals surface area contributed by atoms with E-state index in [1.165, 1.54) is 5.01 Å². The summed E-state index contributed by atoms with van der Waals surface area (Å²) in [6.45, 7) is 0.324. The monoisotopic (exact) mass is 197 g/mol. The fourth-order valence-corrected chi connectivity index (χ4v) is 2.08. The van der Waals surface area contributed by atoms with Crippen LogP contribution in [-0.4, -0.2) is 40.4 Å². The van der Waals surface area contributed by atoms with Gasteiger partial charge in [0.05, 0.1) is 24.3 Å². The summed E-state index contributed by atoms with van der Waals surface area (Å²) in [6, 6.07) is -0.119. The quantitative estimate of drug-likeness (QED) is 0.623. The molecule has 1 aliphatic carbocycles. The molecule has 3 N–H and O–H groups in total. The average molecular weight is 197 g/mol. The van der Waals surface area contributed by atoms with E-state index < -0.39 is 6.10 Å². The summed E-state index contributed by atoms with van der Waals surface area (Å²) < 4.78 is 0. The Balaban J connectivity index is 2.10. The van der Waals surface area contributed by atoms with Crippen molar-refractivity contribution in [2.24, 2.45) is 10.8 Å². The zero-order valence-corrected chi connectivity index (χ0v) is 8.02. The number of nitrogens with zero attached hydrogens (tertiary/aromatic N) is 2. The van der Waals surface area contributed by atoms with Crippen LogP contribution in [0.25, 0.3) is 0 Å². The summed E-state index contributed by atoms with van der Waals surface area (Å²) in [6.07, 6.45) is 2.47. The molecule has 0 aromatic carbocycles. The first-order chi connectivity index (χ1) is 6.72. The molecule has 1 amide bonds. The number of aliphatic hydroxyl groups excluding tert-OH is 1. The van der Waals surface area contributed by atoms with Crippen LogP contribution in [0.1, 0.15) is 25.7 Å². The molecule has 2 atom stereocenters. The fraction of sp³-hybridized carbons (Fsp3) is 0.778. The van der Waals surface area contributed by atoms with Gasteiger partial charge in [0.15, 0.2) is 0 Å². The smallest absolute Gasteiger partial charge is 0.248 e. The van der Waals surface area contributed by atoms with Crippen LogP contribution in [-0.2, 0) is 4.79 Å². The van der Waals surface area contributed by atoms with Crippen molar-refractivity contribution in [3.63, 3.8) is 0 Å². The van der Waals surface area contributed by atoms with Gasteiger partial charge in [-0.2, -0.15) is 5.10 Å². The molecule has 0 saturated heterocycles. The van der Waals surface area contributed by atoms with Gasteiger partial charge in [-0.3, -0.25) is 4.79 Å². The Morgan fingerprint density at radius 1 is 1.57 bits per heavy atom. The molecule has 5 heteroatoms. The van der Waals surface area contributed by atoms with Crippen LogP contribution in [0, 0.1) is 0 Å². The van der Waals surface area contributed by atoms with E-state index in [0.717, 1.165) is 19.3 Å². The van der Waals surface area contributed by atoms with Crippen molar-refractivity contribution in [1.82, 2.24) is 5.01 Å². The molecule has 1 fully saturated rings. The molecule has 78 valence electrons. The van der Waals surface area contributed by atoms with Crippen LogP contribution in [0.15, 0.2) is 5.10 Å². The zero-order valence-electron chi connectivity index (χ0n) is 8.02. The lowest BCUT2D eigenvalue weighted by Gasteiger charge is -2.22. The van der Waals surface area contributed by atoms with Gasteiger partial charge >= 0.3 is 0 Å². The van der Waals surface area contributed by atoms with Crippen molar-refractivity contribution in [3.05, 3.63) is 0 Å². The van der Waals surface area contributed by atoms with Crippen LogP contribution >= 0.6 is 0 Å². The highest BCUT2D eigenvalue weighted by Crippen LogP contribution is 2.27. The Morgan fingerprint density at radius 2 is 2.36 bits per heavy atom. The molecule has 0 bridgehead atoms. The highest BCUT2D eigenvalue weighted by Gasteiger charge is 2.36. The van der Waals surface area contributed by atoms with Crippen LogP contribution in [0.2, 0.25) is 0 Å². The topological polar surface area (TPSA) is 78.9 Å². The molecular weight excluding hydrogens is 182 g/mol. The lowest BCUT2D eigenvalue weighted by molar-refractivity contribution is -0.132. The largest absolute Gasteiger partial charge is 0.391 e. The summed E-state index contributed by atoms with van der Waals surface area (Å²) in [4.78, 5) is 11.5. The number of carbonyl (C=O) groups excluding carboxylic acids is 1. The van der Waals surface area contributed by atoms with E-state index in [1.54, 1.807) is 0 Å². The first-order valence-corrected chi connectivity index (χ1v) is 4.99. The highest BCUT2D eigenvalue weighted by atomic mass is 16.3. The first-order valence-electron chi connectivity index (χ1n) is 4.99. The molecule has 2 aliphatic rings. The van der Waals surface area contributed by atoms with Crippen molar-refractivity contribution in [2.45, 2.75) is 37.8 Å². The molecule has 0 aromatic rings. The predicted molar refractivity (Wildman–Crippen MR) is 51.6 cm³/mol. The number of hydrogen-bond acceptors (Lipinski definition) is 4. The summed E-state index contributed by atoms with van der Waals surface area (Å²) in [5.74, 6) is -0.0311. The van der Waals surface area contributed by atoms with Gasteiger partial charge in [0.25, 0.3) is 0 Å². The second-order valence-corrected chi connectivity index (χ2v) is 3.85. The van der Waals surface area contributed by atoms with Gasteiger partial charge in [0.2, 0.25) is 5.91 Å². The third-order valence-electron chi connectivity index (χ3n) is 2.85. The zero-order chi connectivity index (χ0) is 10.1. The minimum absolute atomic E-state index is 0.0311. The molecule has 1 saturated carbocycles. The van der Waals surface area contributed by atoms with E-state index in [0.29, 0.717) is 18.7 Å². The van der Waals surface area contributed by atoms with Crippen molar-refractivity contribution < 1.29 is 9.90 Å². The van der Waals surface area contributed by atoms with Gasteiger partial charge in [-0.05, 0) is 19.3 Å². The number of amides is 1. The highest BCUT2D eigenvalue weighted by molar-refractivity contribution is 6.05. The number of hydrazone groups is 1. The summed E-state index contributed by atoms with van der Waals surface area (Å²) >= 11 is 0. The second kappa shape index (κ2) is 3.67. The molecule has 2 rings (SSSR count). The van der Waals surface area contributed by atoms with E-state index in [9.17, 15) is 9.90 Å². The molecule has 0 aromatic heterocycles. The van der Waals surface area contributed by atoms with Gasteiger partial charge < -0.3 is 10.8 Å². The Morgan fingerprint density at radius 3 is 2.86 bits per heavy atom. The molecule has 1 aliphatic heterocycles. The molecule has 2 unspecified atom stereocenters. The molecule has 5 nitrogen and oxygen atoms in total. The van der Waals surface area contributed by atoms with Gasteiger partial charge in [0.1, 0.15) is 0 Å². The van der Waals surface area contributed by atoms with Crippen molar-refractivity contribution in [3.8, 4) is 0 Å². The number of rotatable bonds is 2.